The molecule has 1 heterocycles. The Balaban J connectivity index is 2.21. The van der Waals surface area contributed by atoms with Gasteiger partial charge in [0.05, 0.1) is 16.8 Å². The quantitative estimate of drug-likeness (QED) is 0.461. The summed E-state index contributed by atoms with van der Waals surface area (Å²) in [6.07, 6.45) is 1.53. The van der Waals surface area contributed by atoms with Crippen LogP contribution in [0.2, 0.25) is 0 Å². The average Bonchev–Trinajstić information content (AvgIpc) is 2.73. The maximum absolute atomic E-state index is 10.6. The molecule has 86 valence electrons. The number of rotatable bonds is 3. The summed E-state index contributed by atoms with van der Waals surface area (Å²) in [6, 6.07) is 9.74. The van der Waals surface area contributed by atoms with Gasteiger partial charge in [0.25, 0.3) is 5.69 Å². The van der Waals surface area contributed by atoms with Crippen molar-refractivity contribution in [2.45, 2.75) is 6.92 Å². The lowest BCUT2D eigenvalue weighted by atomic mass is 10.3. The summed E-state index contributed by atoms with van der Waals surface area (Å²) in [5, 5.41) is 10.6. The second kappa shape index (κ2) is 4.61. The summed E-state index contributed by atoms with van der Waals surface area (Å²) in [4.78, 5) is 14.2. The van der Waals surface area contributed by atoms with Crippen LogP contribution >= 0.6 is 0 Å². The van der Waals surface area contributed by atoms with E-state index >= 15 is 0 Å². The molecule has 17 heavy (non-hydrogen) atoms. The van der Waals surface area contributed by atoms with Crippen molar-refractivity contribution in [1.82, 2.24) is 0 Å². The van der Waals surface area contributed by atoms with Crippen LogP contribution in [0.15, 0.2) is 45.8 Å². The van der Waals surface area contributed by atoms with Crippen molar-refractivity contribution in [3.05, 3.63) is 58.0 Å². The Kier molecular flexibility index (Phi) is 3.00. The molecule has 0 aliphatic rings. The van der Waals surface area contributed by atoms with Gasteiger partial charge in [-0.25, -0.2) is 0 Å². The van der Waals surface area contributed by atoms with Gasteiger partial charge in [-0.15, -0.1) is 0 Å². The number of furan rings is 1. The number of hydrogen-bond acceptors (Lipinski definition) is 4. The van der Waals surface area contributed by atoms with Crippen LogP contribution in [0.1, 0.15) is 11.5 Å². The summed E-state index contributed by atoms with van der Waals surface area (Å²) in [7, 11) is 0. The molecular formula is C12H10N2O3. The van der Waals surface area contributed by atoms with Crippen LogP contribution < -0.4 is 0 Å². The predicted octanol–water partition coefficient (Wildman–Crippen LogP) is 3.25. The summed E-state index contributed by atoms with van der Waals surface area (Å²) in [5.41, 5.74) is 0.545. The SMILES string of the molecule is Cc1ccc(C=Nc2cccc([N+](=O)[O-])c2)o1. The van der Waals surface area contributed by atoms with Crippen molar-refractivity contribution >= 4 is 17.6 Å². The highest BCUT2D eigenvalue weighted by atomic mass is 16.6. The van der Waals surface area contributed by atoms with E-state index in [1.165, 1.54) is 18.3 Å². The molecule has 0 radical (unpaired) electrons. The largest absolute Gasteiger partial charge is 0.460 e. The van der Waals surface area contributed by atoms with E-state index in [2.05, 4.69) is 4.99 Å². The van der Waals surface area contributed by atoms with Gasteiger partial charge < -0.3 is 4.42 Å². The molecule has 0 spiro atoms. The van der Waals surface area contributed by atoms with Crippen molar-refractivity contribution in [3.63, 3.8) is 0 Å². The maximum atomic E-state index is 10.6. The highest BCUT2D eigenvalue weighted by molar-refractivity contribution is 5.78. The Labute approximate surface area is 97.6 Å². The monoisotopic (exact) mass is 230 g/mol. The number of nitro benzene ring substituents is 1. The first kappa shape index (κ1) is 11.1. The zero-order valence-electron chi connectivity index (χ0n) is 9.16. The molecule has 0 amide bonds. The lowest BCUT2D eigenvalue weighted by Crippen LogP contribution is -1.86. The van der Waals surface area contributed by atoms with Crippen LogP contribution in [0.3, 0.4) is 0 Å². The molecular weight excluding hydrogens is 220 g/mol. The van der Waals surface area contributed by atoms with Crippen LogP contribution in [0.4, 0.5) is 11.4 Å². The van der Waals surface area contributed by atoms with Crippen LogP contribution in [-0.4, -0.2) is 11.1 Å². The van der Waals surface area contributed by atoms with Gasteiger partial charge in [0.2, 0.25) is 0 Å². The van der Waals surface area contributed by atoms with Crippen molar-refractivity contribution in [2.24, 2.45) is 4.99 Å². The third-order valence-corrected chi connectivity index (χ3v) is 2.14. The molecule has 1 aromatic heterocycles. The smallest absolute Gasteiger partial charge is 0.271 e. The molecule has 0 aliphatic carbocycles. The second-order valence-corrected chi connectivity index (χ2v) is 3.48. The number of benzene rings is 1. The Morgan fingerprint density at radius 3 is 2.82 bits per heavy atom. The third-order valence-electron chi connectivity index (χ3n) is 2.14. The molecule has 0 aliphatic heterocycles. The molecule has 0 atom stereocenters. The lowest BCUT2D eigenvalue weighted by molar-refractivity contribution is -0.384. The number of nitrogens with zero attached hydrogens (tertiary/aromatic N) is 2. The summed E-state index contributed by atoms with van der Waals surface area (Å²) >= 11 is 0. The fourth-order valence-corrected chi connectivity index (χ4v) is 1.35. The number of aryl methyl sites for hydroxylation is 1. The highest BCUT2D eigenvalue weighted by Crippen LogP contribution is 2.19. The average molecular weight is 230 g/mol. The van der Waals surface area contributed by atoms with Gasteiger partial charge in [-0.2, -0.15) is 0 Å². The fraction of sp³-hybridized carbons (Fsp3) is 0.0833. The van der Waals surface area contributed by atoms with E-state index in [4.69, 9.17) is 4.42 Å². The topological polar surface area (TPSA) is 68.6 Å². The zero-order valence-corrected chi connectivity index (χ0v) is 9.16. The van der Waals surface area contributed by atoms with Crippen LogP contribution in [0, 0.1) is 17.0 Å². The highest BCUT2D eigenvalue weighted by Gasteiger charge is 2.04. The maximum Gasteiger partial charge on any atom is 0.271 e. The first-order valence-electron chi connectivity index (χ1n) is 5.00. The predicted molar refractivity (Wildman–Crippen MR) is 63.8 cm³/mol. The number of aliphatic imine (C=N–C) groups is 1. The Hall–Kier alpha value is -2.43. The number of nitro groups is 1. The van der Waals surface area contributed by atoms with Gasteiger partial charge in [-0.3, -0.25) is 15.1 Å². The minimum Gasteiger partial charge on any atom is -0.460 e. The lowest BCUT2D eigenvalue weighted by Gasteiger charge is -1.93. The number of hydrogen-bond donors (Lipinski definition) is 0. The van der Waals surface area contributed by atoms with Gasteiger partial charge in [0.15, 0.2) is 0 Å². The Morgan fingerprint density at radius 1 is 1.35 bits per heavy atom. The van der Waals surface area contributed by atoms with E-state index in [0.717, 1.165) is 5.76 Å². The molecule has 1 aromatic carbocycles. The normalized spacial score (nSPS) is 10.9. The fourth-order valence-electron chi connectivity index (χ4n) is 1.35. The van der Waals surface area contributed by atoms with E-state index in [9.17, 15) is 10.1 Å². The molecule has 0 saturated carbocycles. The molecule has 5 nitrogen and oxygen atoms in total. The van der Waals surface area contributed by atoms with E-state index in [0.29, 0.717) is 11.4 Å². The van der Waals surface area contributed by atoms with Crippen molar-refractivity contribution < 1.29 is 9.34 Å². The van der Waals surface area contributed by atoms with E-state index in [1.807, 2.05) is 13.0 Å². The molecule has 2 rings (SSSR count). The molecule has 5 heteroatoms. The minimum atomic E-state index is -0.448. The van der Waals surface area contributed by atoms with Gasteiger partial charge in [0, 0.05) is 12.1 Å². The van der Waals surface area contributed by atoms with E-state index in [1.54, 1.807) is 18.2 Å². The van der Waals surface area contributed by atoms with Crippen molar-refractivity contribution in [2.75, 3.05) is 0 Å². The van der Waals surface area contributed by atoms with E-state index < -0.39 is 4.92 Å². The molecule has 0 bridgehead atoms. The van der Waals surface area contributed by atoms with Crippen molar-refractivity contribution in [1.29, 1.82) is 0 Å². The number of non-ortho nitro benzene ring substituents is 1. The first-order valence-corrected chi connectivity index (χ1v) is 5.00. The Bertz CT molecular complexity index is 573. The molecule has 0 fully saturated rings. The molecule has 0 N–H and O–H groups in total. The van der Waals surface area contributed by atoms with Gasteiger partial charge in [-0.1, -0.05) is 6.07 Å². The summed E-state index contributed by atoms with van der Waals surface area (Å²) < 4.78 is 5.30. The van der Waals surface area contributed by atoms with Crippen LogP contribution in [0.25, 0.3) is 0 Å². The first-order chi connectivity index (χ1) is 8.15. The van der Waals surface area contributed by atoms with Gasteiger partial charge in [0.1, 0.15) is 11.5 Å². The molecule has 0 saturated heterocycles. The standard InChI is InChI=1S/C12H10N2O3/c1-9-5-6-12(17-9)8-13-10-3-2-4-11(7-10)14(15)16/h2-8H,1H3. The molecule has 2 aromatic rings. The van der Waals surface area contributed by atoms with E-state index in [-0.39, 0.29) is 5.69 Å². The van der Waals surface area contributed by atoms with Gasteiger partial charge >= 0.3 is 0 Å². The zero-order chi connectivity index (χ0) is 12.3. The van der Waals surface area contributed by atoms with Gasteiger partial charge in [-0.05, 0) is 25.1 Å². The second-order valence-electron chi connectivity index (χ2n) is 3.48. The Morgan fingerprint density at radius 2 is 2.18 bits per heavy atom. The van der Waals surface area contributed by atoms with Crippen LogP contribution in [-0.2, 0) is 0 Å². The summed E-state index contributed by atoms with van der Waals surface area (Å²) in [5.74, 6) is 1.42. The minimum absolute atomic E-state index is 0.0234. The van der Waals surface area contributed by atoms with Crippen molar-refractivity contribution in [3.8, 4) is 0 Å². The molecule has 0 unspecified atom stereocenters. The summed E-state index contributed by atoms with van der Waals surface area (Å²) in [6.45, 7) is 1.84. The third kappa shape index (κ3) is 2.78. The van der Waals surface area contributed by atoms with Crippen LogP contribution in [0.5, 0.6) is 0 Å².